The van der Waals surface area contributed by atoms with Gasteiger partial charge in [0.1, 0.15) is 5.75 Å². The third-order valence-electron chi connectivity index (χ3n) is 5.03. The number of amides is 2. The van der Waals surface area contributed by atoms with Crippen LogP contribution in [0, 0.1) is 19.3 Å². The summed E-state index contributed by atoms with van der Waals surface area (Å²) in [4.78, 5) is 25.2. The van der Waals surface area contributed by atoms with Gasteiger partial charge in [-0.05, 0) is 82.9 Å². The molecule has 0 heterocycles. The van der Waals surface area contributed by atoms with E-state index in [1.165, 1.54) is 5.56 Å². The Morgan fingerprint density at radius 1 is 0.968 bits per heavy atom. The third kappa shape index (κ3) is 7.74. The summed E-state index contributed by atoms with van der Waals surface area (Å²) in [5.41, 5.74) is 2.53. The highest BCUT2D eigenvalue weighted by Crippen LogP contribution is 2.26. The summed E-state index contributed by atoms with van der Waals surface area (Å²) in [6.45, 7) is 14.3. The van der Waals surface area contributed by atoms with Crippen LogP contribution in [0.15, 0.2) is 42.5 Å². The molecule has 0 aliphatic heterocycles. The van der Waals surface area contributed by atoms with Crippen LogP contribution in [-0.2, 0) is 4.79 Å². The molecule has 0 saturated heterocycles. The number of aryl methyl sites for hydroxylation is 2. The fraction of sp³-hybridized carbons (Fsp3) is 0.462. The van der Waals surface area contributed by atoms with Gasteiger partial charge in [0, 0.05) is 22.2 Å². The lowest BCUT2D eigenvalue weighted by atomic mass is 9.87. The highest BCUT2D eigenvalue weighted by atomic mass is 16.5. The number of carbonyl (C=O) groups excluding carboxylic acids is 2. The molecule has 31 heavy (non-hydrogen) atoms. The maximum atomic E-state index is 12.9. The van der Waals surface area contributed by atoms with Crippen molar-refractivity contribution < 1.29 is 14.3 Å². The van der Waals surface area contributed by atoms with E-state index in [1.54, 1.807) is 24.3 Å². The maximum Gasteiger partial charge on any atom is 0.251 e. The van der Waals surface area contributed by atoms with Crippen LogP contribution in [0.3, 0.4) is 0 Å². The first-order chi connectivity index (χ1) is 14.4. The van der Waals surface area contributed by atoms with Gasteiger partial charge in [0.2, 0.25) is 5.91 Å². The van der Waals surface area contributed by atoms with E-state index in [2.05, 4.69) is 22.8 Å². The predicted octanol–water partition coefficient (Wildman–Crippen LogP) is 5.66. The Balaban J connectivity index is 1.91. The van der Waals surface area contributed by atoms with Crippen LogP contribution in [0.5, 0.6) is 5.75 Å². The van der Waals surface area contributed by atoms with Crippen molar-refractivity contribution in [2.75, 3.05) is 11.9 Å². The lowest BCUT2D eigenvalue weighted by Crippen LogP contribution is -2.40. The molecule has 0 radical (unpaired) electrons. The molecular formula is C26H36N2O3. The van der Waals surface area contributed by atoms with Crippen molar-refractivity contribution in [3.8, 4) is 5.75 Å². The summed E-state index contributed by atoms with van der Waals surface area (Å²) < 4.78 is 5.92. The molecule has 2 rings (SSSR count). The lowest BCUT2D eigenvalue weighted by molar-refractivity contribution is -0.124. The molecule has 168 valence electrons. The van der Waals surface area contributed by atoms with E-state index in [0.717, 1.165) is 17.7 Å². The Bertz CT molecular complexity index is 926. The molecule has 0 fully saturated rings. The van der Waals surface area contributed by atoms with Crippen molar-refractivity contribution in [1.82, 2.24) is 5.32 Å². The number of rotatable bonds is 8. The summed E-state index contributed by atoms with van der Waals surface area (Å²) in [5.74, 6) is 0.659. The summed E-state index contributed by atoms with van der Waals surface area (Å²) in [7, 11) is 0. The number of ether oxygens (including phenoxy) is 1. The summed E-state index contributed by atoms with van der Waals surface area (Å²) in [6, 6.07) is 13.2. The van der Waals surface area contributed by atoms with E-state index >= 15 is 0 Å². The van der Waals surface area contributed by atoms with E-state index in [-0.39, 0.29) is 17.4 Å². The average molecular weight is 425 g/mol. The second-order valence-corrected chi connectivity index (χ2v) is 9.84. The molecule has 5 heteroatoms. The molecule has 0 atom stereocenters. The number of carbonyl (C=O) groups is 2. The quantitative estimate of drug-likeness (QED) is 0.538. The zero-order chi connectivity index (χ0) is 23.2. The minimum atomic E-state index is -0.561. The van der Waals surface area contributed by atoms with Gasteiger partial charge in [0.05, 0.1) is 6.61 Å². The van der Waals surface area contributed by atoms with E-state index in [4.69, 9.17) is 4.74 Å². The molecule has 0 spiro atoms. The smallest absolute Gasteiger partial charge is 0.251 e. The van der Waals surface area contributed by atoms with Crippen molar-refractivity contribution in [2.24, 2.45) is 5.41 Å². The number of hydrogen-bond donors (Lipinski definition) is 2. The minimum absolute atomic E-state index is 0.0763. The Morgan fingerprint density at radius 3 is 2.35 bits per heavy atom. The molecule has 0 bridgehead atoms. The Labute approximate surface area is 186 Å². The summed E-state index contributed by atoms with van der Waals surface area (Å²) in [6.07, 6.45) is 1.45. The maximum absolute atomic E-state index is 12.9. The van der Waals surface area contributed by atoms with Crippen LogP contribution < -0.4 is 15.4 Å². The van der Waals surface area contributed by atoms with Crippen molar-refractivity contribution in [3.63, 3.8) is 0 Å². The molecule has 0 aromatic heterocycles. The van der Waals surface area contributed by atoms with Gasteiger partial charge < -0.3 is 15.4 Å². The highest BCUT2D eigenvalue weighted by molar-refractivity contribution is 5.98. The predicted molar refractivity (Wildman–Crippen MR) is 127 cm³/mol. The molecule has 0 aliphatic rings. The van der Waals surface area contributed by atoms with Gasteiger partial charge in [-0.25, -0.2) is 0 Å². The van der Waals surface area contributed by atoms with Crippen LogP contribution in [0.1, 0.15) is 68.9 Å². The van der Waals surface area contributed by atoms with E-state index in [0.29, 0.717) is 24.3 Å². The van der Waals surface area contributed by atoms with Gasteiger partial charge in [-0.3, -0.25) is 9.59 Å². The second kappa shape index (κ2) is 9.99. The van der Waals surface area contributed by atoms with Crippen molar-refractivity contribution >= 4 is 17.5 Å². The SMILES string of the molecule is Cc1ccc(C)c(OCCCC(C)(C)C(=O)Nc2cccc(C(=O)NC(C)(C)C)c2)c1. The highest BCUT2D eigenvalue weighted by Gasteiger charge is 2.27. The van der Waals surface area contributed by atoms with Crippen LogP contribution in [0.25, 0.3) is 0 Å². The largest absolute Gasteiger partial charge is 0.493 e. The molecule has 5 nitrogen and oxygen atoms in total. The van der Waals surface area contributed by atoms with Crippen molar-refractivity contribution in [1.29, 1.82) is 0 Å². The van der Waals surface area contributed by atoms with Gasteiger partial charge in [0.25, 0.3) is 5.91 Å². The molecule has 2 N–H and O–H groups in total. The van der Waals surface area contributed by atoms with Crippen LogP contribution in [-0.4, -0.2) is 24.0 Å². The zero-order valence-corrected chi connectivity index (χ0v) is 19.9. The van der Waals surface area contributed by atoms with E-state index < -0.39 is 5.41 Å². The summed E-state index contributed by atoms with van der Waals surface area (Å²) >= 11 is 0. The van der Waals surface area contributed by atoms with Gasteiger partial charge in [-0.15, -0.1) is 0 Å². The van der Waals surface area contributed by atoms with Crippen LogP contribution >= 0.6 is 0 Å². The monoisotopic (exact) mass is 424 g/mol. The first-order valence-corrected chi connectivity index (χ1v) is 10.8. The number of nitrogens with one attached hydrogen (secondary N) is 2. The van der Waals surface area contributed by atoms with Crippen LogP contribution in [0.2, 0.25) is 0 Å². The first kappa shape index (κ1) is 24.4. The molecule has 0 saturated carbocycles. The number of hydrogen-bond acceptors (Lipinski definition) is 3. The minimum Gasteiger partial charge on any atom is -0.493 e. The molecular weight excluding hydrogens is 388 g/mol. The number of anilines is 1. The third-order valence-corrected chi connectivity index (χ3v) is 5.03. The standard InChI is InChI=1S/C26H36N2O3/c1-18-12-13-19(2)22(16-18)31-15-9-14-26(6,7)24(30)27-21-11-8-10-20(17-21)23(29)28-25(3,4)5/h8,10-13,16-17H,9,14-15H2,1-7H3,(H,27,30)(H,28,29). The Hall–Kier alpha value is -2.82. The van der Waals surface area contributed by atoms with Crippen LogP contribution in [0.4, 0.5) is 5.69 Å². The molecule has 2 amide bonds. The molecule has 2 aromatic rings. The molecule has 0 unspecified atom stereocenters. The van der Waals surface area contributed by atoms with Gasteiger partial charge >= 0.3 is 0 Å². The number of benzene rings is 2. The zero-order valence-electron chi connectivity index (χ0n) is 19.9. The molecule has 2 aromatic carbocycles. The topological polar surface area (TPSA) is 67.4 Å². The van der Waals surface area contributed by atoms with Gasteiger partial charge in [-0.1, -0.05) is 32.0 Å². The first-order valence-electron chi connectivity index (χ1n) is 10.8. The molecule has 0 aliphatic carbocycles. The van der Waals surface area contributed by atoms with E-state index in [1.807, 2.05) is 54.5 Å². The van der Waals surface area contributed by atoms with Gasteiger partial charge in [-0.2, -0.15) is 0 Å². The second-order valence-electron chi connectivity index (χ2n) is 9.84. The fourth-order valence-corrected chi connectivity index (χ4v) is 3.12. The normalized spacial score (nSPS) is 11.7. The van der Waals surface area contributed by atoms with Crippen molar-refractivity contribution in [3.05, 3.63) is 59.2 Å². The van der Waals surface area contributed by atoms with E-state index in [9.17, 15) is 9.59 Å². The van der Waals surface area contributed by atoms with Gasteiger partial charge in [0.15, 0.2) is 0 Å². The Kier molecular flexibility index (Phi) is 7.88. The average Bonchev–Trinajstić information content (AvgIpc) is 2.66. The summed E-state index contributed by atoms with van der Waals surface area (Å²) in [5, 5.41) is 5.89. The van der Waals surface area contributed by atoms with Crippen molar-refractivity contribution in [2.45, 2.75) is 66.8 Å². The fourth-order valence-electron chi connectivity index (χ4n) is 3.12. The lowest BCUT2D eigenvalue weighted by Gasteiger charge is -2.24. The Morgan fingerprint density at radius 2 is 1.68 bits per heavy atom.